The van der Waals surface area contributed by atoms with Gasteiger partial charge in [-0.15, -0.1) is 0 Å². The lowest BCUT2D eigenvalue weighted by molar-refractivity contribution is -0.646. The van der Waals surface area contributed by atoms with Crippen molar-refractivity contribution in [1.82, 2.24) is 14.8 Å². The maximum Gasteiger partial charge on any atom is 0.315 e. The zero-order chi connectivity index (χ0) is 13.4. The Morgan fingerprint density at radius 1 is 1.37 bits per heavy atom. The average molecular weight is 256 g/mol. The summed E-state index contributed by atoms with van der Waals surface area (Å²) in [5, 5.41) is 17.5. The molecule has 0 aliphatic rings. The predicted octanol–water partition coefficient (Wildman–Crippen LogP) is -0.329. The van der Waals surface area contributed by atoms with E-state index in [1.807, 2.05) is 30.3 Å². The van der Waals surface area contributed by atoms with Gasteiger partial charge in [0, 0.05) is 0 Å². The number of nitrogens with one attached hydrogen (secondary N) is 1. The Labute approximate surface area is 108 Å². The Bertz CT molecular complexity index is 790. The van der Waals surface area contributed by atoms with E-state index < -0.39 is 5.88 Å². The minimum absolute atomic E-state index is 0.329. The van der Waals surface area contributed by atoms with Crippen LogP contribution in [0.25, 0.3) is 11.0 Å². The molecule has 19 heavy (non-hydrogen) atoms. The summed E-state index contributed by atoms with van der Waals surface area (Å²) in [5.41, 5.74) is 1.37. The van der Waals surface area contributed by atoms with Crippen LogP contribution in [0.15, 0.2) is 41.5 Å². The highest BCUT2D eigenvalue weighted by molar-refractivity contribution is 5.75. The molecule has 0 aliphatic heterocycles. The fourth-order valence-corrected chi connectivity index (χ4v) is 2.23. The highest BCUT2D eigenvalue weighted by Gasteiger charge is 2.18. The normalized spacial score (nSPS) is 11.0. The Morgan fingerprint density at radius 2 is 2.11 bits per heavy atom. The second kappa shape index (κ2) is 4.24. The van der Waals surface area contributed by atoms with Crippen LogP contribution < -0.4 is 15.2 Å². The first-order valence-corrected chi connectivity index (χ1v) is 5.85. The van der Waals surface area contributed by atoms with Gasteiger partial charge in [0.05, 0.1) is 12.9 Å². The van der Waals surface area contributed by atoms with Crippen LogP contribution in [0.4, 0.5) is 0 Å². The molecule has 0 unspecified atom stereocenters. The van der Waals surface area contributed by atoms with Crippen LogP contribution in [0, 0.1) is 0 Å². The molecule has 3 rings (SSSR count). The van der Waals surface area contributed by atoms with E-state index >= 15 is 0 Å². The molecule has 1 aromatic carbocycles. The summed E-state index contributed by atoms with van der Waals surface area (Å²) in [7, 11) is 1.73. The highest BCUT2D eigenvalue weighted by atomic mass is 16.3. The Kier molecular flexibility index (Phi) is 2.56. The number of aromatic amines is 1. The van der Waals surface area contributed by atoms with E-state index in [1.54, 1.807) is 22.5 Å². The summed E-state index contributed by atoms with van der Waals surface area (Å²) in [6.45, 7) is 0.526. The zero-order valence-electron chi connectivity index (χ0n) is 10.3. The number of imidazole rings is 1. The smallest absolute Gasteiger partial charge is 0.315 e. The molecule has 6 heteroatoms. The molecule has 0 saturated heterocycles. The van der Waals surface area contributed by atoms with Crippen LogP contribution in [0.2, 0.25) is 0 Å². The molecule has 0 spiro atoms. The predicted molar refractivity (Wildman–Crippen MR) is 66.5 cm³/mol. The van der Waals surface area contributed by atoms with Crippen LogP contribution in [-0.4, -0.2) is 14.8 Å². The molecule has 0 amide bonds. The molecule has 0 aliphatic carbocycles. The quantitative estimate of drug-likeness (QED) is 0.638. The van der Waals surface area contributed by atoms with Gasteiger partial charge in [-0.2, -0.15) is 5.10 Å². The van der Waals surface area contributed by atoms with Crippen molar-refractivity contribution in [2.45, 2.75) is 6.54 Å². The molecule has 6 nitrogen and oxygen atoms in total. The lowest BCUT2D eigenvalue weighted by atomic mass is 10.2. The van der Waals surface area contributed by atoms with Crippen molar-refractivity contribution in [3.63, 3.8) is 0 Å². The number of benzene rings is 1. The third-order valence-corrected chi connectivity index (χ3v) is 3.05. The third-order valence-electron chi connectivity index (χ3n) is 3.05. The molecule has 0 fully saturated rings. The van der Waals surface area contributed by atoms with E-state index in [2.05, 4.69) is 10.2 Å². The van der Waals surface area contributed by atoms with Gasteiger partial charge < -0.3 is 5.11 Å². The molecule has 3 aromatic rings. The fourth-order valence-electron chi connectivity index (χ4n) is 2.23. The molecular formula is C13H12N4O2. The number of rotatable bonds is 2. The van der Waals surface area contributed by atoms with Crippen LogP contribution >= 0.6 is 0 Å². The van der Waals surface area contributed by atoms with Crippen molar-refractivity contribution in [2.75, 3.05) is 0 Å². The van der Waals surface area contributed by atoms with Crippen molar-refractivity contribution in [2.24, 2.45) is 7.05 Å². The number of hydrogen-bond acceptors (Lipinski definition) is 3. The maximum atomic E-state index is 11.8. The molecule has 96 valence electrons. The number of hydrogen-bond donors (Lipinski definition) is 1. The van der Waals surface area contributed by atoms with E-state index in [9.17, 15) is 9.90 Å². The number of H-pyrrole nitrogens is 1. The van der Waals surface area contributed by atoms with Crippen molar-refractivity contribution >= 4 is 11.0 Å². The molecule has 0 bridgehead atoms. The Hall–Kier alpha value is -2.63. The lowest BCUT2D eigenvalue weighted by Gasteiger charge is -2.04. The minimum Gasteiger partial charge on any atom is -0.854 e. The zero-order valence-corrected chi connectivity index (χ0v) is 10.3. The number of nitrogens with zero attached hydrogens (tertiary/aromatic N) is 3. The summed E-state index contributed by atoms with van der Waals surface area (Å²) in [6, 6.07) is 9.74. The first kappa shape index (κ1) is 11.5. The Morgan fingerprint density at radius 3 is 2.84 bits per heavy atom. The van der Waals surface area contributed by atoms with E-state index in [0.717, 1.165) is 5.56 Å². The van der Waals surface area contributed by atoms with E-state index in [4.69, 9.17) is 0 Å². The lowest BCUT2D eigenvalue weighted by Crippen LogP contribution is -2.31. The van der Waals surface area contributed by atoms with Gasteiger partial charge in [-0.3, -0.25) is 4.79 Å². The monoisotopic (exact) mass is 256 g/mol. The van der Waals surface area contributed by atoms with Gasteiger partial charge in [0.1, 0.15) is 6.54 Å². The molecular weight excluding hydrogens is 244 g/mol. The van der Waals surface area contributed by atoms with Gasteiger partial charge in [0.25, 0.3) is 0 Å². The molecule has 2 aromatic heterocycles. The van der Waals surface area contributed by atoms with Gasteiger partial charge in [0.2, 0.25) is 11.8 Å². The average Bonchev–Trinajstić information content (AvgIpc) is 2.73. The topological polar surface area (TPSA) is 77.6 Å². The highest BCUT2D eigenvalue weighted by Crippen LogP contribution is 2.15. The molecule has 1 N–H and O–H groups in total. The number of aryl methyl sites for hydroxylation is 1. The van der Waals surface area contributed by atoms with Crippen LogP contribution in [0.5, 0.6) is 5.88 Å². The SMILES string of the molecule is C[n+]1cn(Cc2ccccc2)c2c([O-])n[nH]c(=O)c21. The first-order valence-electron chi connectivity index (χ1n) is 5.85. The first-order chi connectivity index (χ1) is 9.16. The molecule has 2 heterocycles. The molecule has 0 atom stereocenters. The summed E-state index contributed by atoms with van der Waals surface area (Å²) in [5.74, 6) is -0.425. The molecule has 0 radical (unpaired) electrons. The van der Waals surface area contributed by atoms with Crippen molar-refractivity contribution in [3.8, 4) is 5.88 Å². The largest absolute Gasteiger partial charge is 0.854 e. The van der Waals surface area contributed by atoms with Gasteiger partial charge in [-0.1, -0.05) is 30.3 Å². The fraction of sp³-hybridized carbons (Fsp3) is 0.154. The minimum atomic E-state index is -0.425. The second-order valence-electron chi connectivity index (χ2n) is 4.39. The Balaban J connectivity index is 2.20. The van der Waals surface area contributed by atoms with Gasteiger partial charge in [-0.25, -0.2) is 14.2 Å². The summed E-state index contributed by atoms with van der Waals surface area (Å²) in [6.07, 6.45) is 1.73. The maximum absolute atomic E-state index is 11.8. The van der Waals surface area contributed by atoms with Crippen LogP contribution in [0.3, 0.4) is 0 Å². The van der Waals surface area contributed by atoms with Crippen LogP contribution in [-0.2, 0) is 13.6 Å². The van der Waals surface area contributed by atoms with Crippen molar-refractivity contribution < 1.29 is 9.67 Å². The summed E-state index contributed by atoms with van der Waals surface area (Å²) < 4.78 is 3.38. The second-order valence-corrected chi connectivity index (χ2v) is 4.39. The van der Waals surface area contributed by atoms with E-state index in [-0.39, 0.29) is 5.56 Å². The standard InChI is InChI=1S/C13H12N4O2/c1-16-8-17(7-9-5-3-2-4-6-9)11-10(16)12(18)14-15-13(11)19/h2-6,8H,7H2,1H3,(H-,14,15,18,19). The summed E-state index contributed by atoms with van der Waals surface area (Å²) >= 11 is 0. The number of aromatic nitrogens is 4. The molecule has 0 saturated carbocycles. The van der Waals surface area contributed by atoms with E-state index in [0.29, 0.717) is 17.6 Å². The van der Waals surface area contributed by atoms with Gasteiger partial charge in [-0.05, 0) is 5.56 Å². The van der Waals surface area contributed by atoms with Gasteiger partial charge >= 0.3 is 5.56 Å². The van der Waals surface area contributed by atoms with Crippen molar-refractivity contribution in [3.05, 3.63) is 52.6 Å². The number of fused-ring (bicyclic) bond motifs is 1. The van der Waals surface area contributed by atoms with Crippen LogP contribution in [0.1, 0.15) is 5.56 Å². The third kappa shape index (κ3) is 1.87. The van der Waals surface area contributed by atoms with Crippen molar-refractivity contribution in [1.29, 1.82) is 0 Å². The van der Waals surface area contributed by atoms with Gasteiger partial charge in [0.15, 0.2) is 5.52 Å². The summed E-state index contributed by atoms with van der Waals surface area (Å²) in [4.78, 5) is 11.7. The van der Waals surface area contributed by atoms with E-state index in [1.165, 1.54) is 0 Å².